The van der Waals surface area contributed by atoms with Gasteiger partial charge >= 0.3 is 0 Å². The Morgan fingerprint density at radius 3 is 2.72 bits per heavy atom. The zero-order chi connectivity index (χ0) is 22.7. The maximum Gasteiger partial charge on any atom is 0.242 e. The topological polar surface area (TPSA) is 80.7 Å². The van der Waals surface area contributed by atoms with Gasteiger partial charge in [-0.05, 0) is 32.6 Å². The first-order valence-corrected chi connectivity index (χ1v) is 10.8. The van der Waals surface area contributed by atoms with Gasteiger partial charge in [-0.25, -0.2) is 9.97 Å². The van der Waals surface area contributed by atoms with Gasteiger partial charge in [-0.15, -0.1) is 0 Å². The maximum atomic E-state index is 11.7. The monoisotopic (exact) mass is 435 g/mol. The summed E-state index contributed by atoms with van der Waals surface area (Å²) in [6.07, 6.45) is 3.08. The summed E-state index contributed by atoms with van der Waals surface area (Å²) < 4.78 is 11.8. The second-order valence-corrected chi connectivity index (χ2v) is 8.27. The summed E-state index contributed by atoms with van der Waals surface area (Å²) in [7, 11) is 4.13. The molecule has 0 radical (unpaired) electrons. The number of carbonyl (C=O) groups excluding carboxylic acids is 1. The smallest absolute Gasteiger partial charge is 0.242 e. The Bertz CT molecular complexity index is 1090. The first-order valence-electron chi connectivity index (χ1n) is 10.8. The van der Waals surface area contributed by atoms with Gasteiger partial charge in [-0.1, -0.05) is 24.3 Å². The van der Waals surface area contributed by atoms with E-state index in [4.69, 9.17) is 14.5 Å². The maximum absolute atomic E-state index is 11.7. The molecule has 32 heavy (non-hydrogen) atoms. The summed E-state index contributed by atoms with van der Waals surface area (Å²) in [5.41, 5.74) is 4.31. The van der Waals surface area contributed by atoms with E-state index in [-0.39, 0.29) is 18.6 Å². The average Bonchev–Trinajstić information content (AvgIpc) is 2.82. The lowest BCUT2D eigenvalue weighted by molar-refractivity contribution is -0.137. The van der Waals surface area contributed by atoms with E-state index in [9.17, 15) is 4.79 Å². The van der Waals surface area contributed by atoms with Crippen LogP contribution in [-0.2, 0) is 9.53 Å². The molecule has 0 N–H and O–H groups in total. The number of fused-ring (bicyclic) bond motifs is 1. The molecule has 0 aliphatic carbocycles. The lowest BCUT2D eigenvalue weighted by Gasteiger charge is -2.32. The van der Waals surface area contributed by atoms with Gasteiger partial charge in [0.25, 0.3) is 0 Å². The third-order valence-electron chi connectivity index (χ3n) is 5.88. The Labute approximate surface area is 188 Å². The minimum atomic E-state index is -0.211. The Morgan fingerprint density at radius 1 is 1.25 bits per heavy atom. The van der Waals surface area contributed by atoms with Gasteiger partial charge in [-0.3, -0.25) is 9.78 Å². The molecule has 3 heterocycles. The van der Waals surface area contributed by atoms with Gasteiger partial charge in [0.1, 0.15) is 12.7 Å². The molecule has 8 nitrogen and oxygen atoms in total. The van der Waals surface area contributed by atoms with E-state index in [0.717, 1.165) is 11.3 Å². The number of carbonyl (C=O) groups is 1. The lowest BCUT2D eigenvalue weighted by Crippen LogP contribution is -2.46. The summed E-state index contributed by atoms with van der Waals surface area (Å²) >= 11 is 0. The summed E-state index contributed by atoms with van der Waals surface area (Å²) in [5.74, 6) is 0.460. The number of pyridine rings is 1. The molecule has 3 aromatic rings. The fourth-order valence-electron chi connectivity index (χ4n) is 3.70. The van der Waals surface area contributed by atoms with E-state index in [1.807, 2.05) is 6.07 Å². The predicted octanol–water partition coefficient (Wildman–Crippen LogP) is 2.94. The molecule has 1 aliphatic heterocycles. The molecule has 2 unspecified atom stereocenters. The van der Waals surface area contributed by atoms with Crippen LogP contribution in [0.3, 0.4) is 0 Å². The average molecular weight is 436 g/mol. The van der Waals surface area contributed by atoms with Crippen LogP contribution in [0.1, 0.15) is 25.5 Å². The van der Waals surface area contributed by atoms with Crippen molar-refractivity contribution in [1.82, 2.24) is 24.8 Å². The van der Waals surface area contributed by atoms with E-state index >= 15 is 0 Å². The molecule has 0 saturated carbocycles. The molecular formula is C24H29N5O3. The van der Waals surface area contributed by atoms with Crippen LogP contribution in [0.4, 0.5) is 0 Å². The SMILES string of the molecule is CC(=O)N1CCOC(COc2nc(-c3ccc(C(C)N(C)C)cc3)cc3nccnc23)C1. The Hall–Kier alpha value is -3.10. The number of nitrogens with zero attached hydrogens (tertiary/aromatic N) is 5. The van der Waals surface area contributed by atoms with Crippen molar-refractivity contribution in [2.75, 3.05) is 40.4 Å². The first-order chi connectivity index (χ1) is 15.4. The van der Waals surface area contributed by atoms with Crippen LogP contribution < -0.4 is 4.74 Å². The second-order valence-electron chi connectivity index (χ2n) is 8.27. The van der Waals surface area contributed by atoms with Crippen molar-refractivity contribution in [2.24, 2.45) is 0 Å². The summed E-state index contributed by atoms with van der Waals surface area (Å²) in [6, 6.07) is 10.6. The second kappa shape index (κ2) is 9.58. The van der Waals surface area contributed by atoms with Gasteiger partial charge in [0.15, 0.2) is 5.52 Å². The number of hydrogen-bond donors (Lipinski definition) is 0. The minimum absolute atomic E-state index is 0.0433. The Kier molecular flexibility index (Phi) is 6.62. The van der Waals surface area contributed by atoms with Gasteiger partial charge in [0, 0.05) is 37.5 Å². The van der Waals surface area contributed by atoms with E-state index in [1.165, 1.54) is 5.56 Å². The lowest BCUT2D eigenvalue weighted by atomic mass is 10.0. The fraction of sp³-hybridized carbons (Fsp3) is 0.417. The highest BCUT2D eigenvalue weighted by atomic mass is 16.5. The van der Waals surface area contributed by atoms with Crippen LogP contribution in [0.5, 0.6) is 5.88 Å². The standard InChI is InChI=1S/C24H29N5O3/c1-16(28(3)4)18-5-7-19(8-6-18)21-13-22-23(26-10-9-25-22)24(27-21)32-15-20-14-29(17(2)30)11-12-31-20/h5-10,13,16,20H,11-12,14-15H2,1-4H3. The number of amides is 1. The molecule has 8 heteroatoms. The van der Waals surface area contributed by atoms with Gasteiger partial charge in [-0.2, -0.15) is 0 Å². The van der Waals surface area contributed by atoms with Crippen LogP contribution in [0, 0.1) is 0 Å². The largest absolute Gasteiger partial charge is 0.473 e. The van der Waals surface area contributed by atoms with Crippen molar-refractivity contribution in [3.8, 4) is 17.1 Å². The Morgan fingerprint density at radius 2 is 2.00 bits per heavy atom. The quantitative estimate of drug-likeness (QED) is 0.589. The van der Waals surface area contributed by atoms with E-state index in [1.54, 1.807) is 24.2 Å². The molecule has 4 rings (SSSR count). The number of aromatic nitrogens is 3. The highest BCUT2D eigenvalue weighted by Gasteiger charge is 2.23. The minimum Gasteiger partial charge on any atom is -0.473 e. The van der Waals surface area contributed by atoms with Gasteiger partial charge in [0.2, 0.25) is 11.8 Å². The van der Waals surface area contributed by atoms with Crippen LogP contribution in [0.25, 0.3) is 22.3 Å². The zero-order valence-corrected chi connectivity index (χ0v) is 19.0. The zero-order valence-electron chi connectivity index (χ0n) is 19.0. The third-order valence-corrected chi connectivity index (χ3v) is 5.88. The van der Waals surface area contributed by atoms with Crippen molar-refractivity contribution < 1.29 is 14.3 Å². The summed E-state index contributed by atoms with van der Waals surface area (Å²) in [5, 5.41) is 0. The summed E-state index contributed by atoms with van der Waals surface area (Å²) in [4.78, 5) is 29.3. The number of ether oxygens (including phenoxy) is 2. The normalized spacial score (nSPS) is 17.5. The highest BCUT2D eigenvalue weighted by molar-refractivity contribution is 5.83. The molecular weight excluding hydrogens is 406 g/mol. The van der Waals surface area contributed by atoms with E-state index < -0.39 is 0 Å². The summed E-state index contributed by atoms with van der Waals surface area (Å²) in [6.45, 7) is 5.64. The predicted molar refractivity (Wildman–Crippen MR) is 122 cm³/mol. The Balaban J connectivity index is 1.58. The van der Waals surface area contributed by atoms with Crippen molar-refractivity contribution in [3.63, 3.8) is 0 Å². The third kappa shape index (κ3) is 4.87. The van der Waals surface area contributed by atoms with Crippen LogP contribution in [-0.4, -0.2) is 77.2 Å². The molecule has 0 spiro atoms. The number of benzene rings is 1. The molecule has 1 fully saturated rings. The number of morpholine rings is 1. The number of hydrogen-bond acceptors (Lipinski definition) is 7. The van der Waals surface area contributed by atoms with E-state index in [2.05, 4.69) is 60.2 Å². The highest BCUT2D eigenvalue weighted by Crippen LogP contribution is 2.28. The molecule has 2 aromatic heterocycles. The van der Waals surface area contributed by atoms with Crippen LogP contribution in [0.15, 0.2) is 42.7 Å². The molecule has 1 amide bonds. The molecule has 1 aromatic carbocycles. The number of rotatable bonds is 6. The molecule has 168 valence electrons. The van der Waals surface area contributed by atoms with E-state index in [0.29, 0.717) is 42.7 Å². The molecule has 0 bridgehead atoms. The van der Waals surface area contributed by atoms with Gasteiger partial charge < -0.3 is 19.3 Å². The van der Waals surface area contributed by atoms with Crippen molar-refractivity contribution in [1.29, 1.82) is 0 Å². The van der Waals surface area contributed by atoms with Crippen molar-refractivity contribution in [2.45, 2.75) is 26.0 Å². The molecule has 1 saturated heterocycles. The van der Waals surface area contributed by atoms with Crippen molar-refractivity contribution in [3.05, 3.63) is 48.3 Å². The fourth-order valence-corrected chi connectivity index (χ4v) is 3.70. The molecule has 1 aliphatic rings. The van der Waals surface area contributed by atoms with Gasteiger partial charge in [0.05, 0.1) is 24.4 Å². The van der Waals surface area contributed by atoms with Crippen molar-refractivity contribution >= 4 is 16.9 Å². The first kappa shape index (κ1) is 22.1. The van der Waals surface area contributed by atoms with Crippen LogP contribution >= 0.6 is 0 Å². The van der Waals surface area contributed by atoms with Crippen LogP contribution in [0.2, 0.25) is 0 Å². The molecule has 2 atom stereocenters.